The molecule has 0 bridgehead atoms. The van der Waals surface area contributed by atoms with Crippen LogP contribution in [0.2, 0.25) is 0 Å². The van der Waals surface area contributed by atoms with Gasteiger partial charge in [0.25, 0.3) is 5.91 Å². The van der Waals surface area contributed by atoms with Gasteiger partial charge in [-0.05, 0) is 72.1 Å². The number of aromatic nitrogens is 2. The van der Waals surface area contributed by atoms with Crippen LogP contribution in [-0.2, 0) is 0 Å². The van der Waals surface area contributed by atoms with Gasteiger partial charge in [-0.3, -0.25) is 9.78 Å². The van der Waals surface area contributed by atoms with Crippen molar-refractivity contribution in [2.24, 2.45) is 11.8 Å². The third kappa shape index (κ3) is 5.40. The van der Waals surface area contributed by atoms with Crippen LogP contribution < -0.4 is 10.6 Å². The summed E-state index contributed by atoms with van der Waals surface area (Å²) in [4.78, 5) is 21.4. The Bertz CT molecular complexity index is 1200. The van der Waals surface area contributed by atoms with Gasteiger partial charge < -0.3 is 5.32 Å². The van der Waals surface area contributed by atoms with E-state index in [1.54, 1.807) is 18.5 Å². The van der Waals surface area contributed by atoms with Crippen molar-refractivity contribution in [3.05, 3.63) is 71.7 Å². The molecule has 1 aliphatic carbocycles. The Balaban J connectivity index is 1.62. The van der Waals surface area contributed by atoms with Crippen LogP contribution in [0.15, 0.2) is 48.8 Å². The summed E-state index contributed by atoms with van der Waals surface area (Å²) < 4.78 is 43.8. The fraction of sp³-hybridized carbons (Fsp3) is 0.370. The molecule has 1 fully saturated rings. The lowest BCUT2D eigenvalue weighted by atomic mass is 9.70. The lowest BCUT2D eigenvalue weighted by Crippen LogP contribution is -2.32. The number of benzene rings is 1. The number of carbonyl (C=O) groups excluding carboxylic acids is 1. The molecule has 5 unspecified atom stereocenters. The highest BCUT2D eigenvalue weighted by Crippen LogP contribution is 2.44. The van der Waals surface area contributed by atoms with E-state index in [1.165, 1.54) is 18.2 Å². The van der Waals surface area contributed by atoms with E-state index in [4.69, 9.17) is 0 Å². The number of pyridine rings is 2. The van der Waals surface area contributed by atoms with Crippen molar-refractivity contribution in [3.63, 3.8) is 0 Å². The van der Waals surface area contributed by atoms with Crippen molar-refractivity contribution in [1.29, 1.82) is 0 Å². The summed E-state index contributed by atoms with van der Waals surface area (Å²) in [5.41, 5.74) is 1.13. The summed E-state index contributed by atoms with van der Waals surface area (Å²) in [6, 6.07) is 8.59. The van der Waals surface area contributed by atoms with Crippen LogP contribution >= 0.6 is 9.24 Å². The predicted octanol–water partition coefficient (Wildman–Crippen LogP) is 6.44. The maximum absolute atomic E-state index is 14.8. The Morgan fingerprint density at radius 3 is 2.69 bits per heavy atom. The molecule has 184 valence electrons. The van der Waals surface area contributed by atoms with Crippen molar-refractivity contribution in [3.8, 4) is 11.3 Å². The third-order valence-corrected chi connectivity index (χ3v) is 7.28. The zero-order valence-electron chi connectivity index (χ0n) is 19.8. The zero-order valence-corrected chi connectivity index (χ0v) is 20.9. The number of nitrogens with zero attached hydrogens (tertiary/aromatic N) is 2. The maximum Gasteiger partial charge on any atom is 0.274 e. The molecule has 3 aromatic rings. The van der Waals surface area contributed by atoms with Gasteiger partial charge >= 0.3 is 0 Å². The monoisotopic (exact) mass is 499 g/mol. The second-order valence-electron chi connectivity index (χ2n) is 9.29. The molecule has 4 nitrogen and oxygen atoms in total. The number of nitrogens with one attached hydrogen (secondary N) is 1. The zero-order chi connectivity index (χ0) is 25.1. The van der Waals surface area contributed by atoms with Crippen LogP contribution in [0.1, 0.15) is 61.5 Å². The van der Waals surface area contributed by atoms with E-state index in [0.717, 1.165) is 24.5 Å². The fourth-order valence-corrected chi connectivity index (χ4v) is 5.51. The SMILES string of the molecule is CCCC1CC(c2ccncc2NC(=O)c2ccc(F)c(-c3c(F)cccc3P)n2)CC(C)C1F. The lowest BCUT2D eigenvalue weighted by molar-refractivity contribution is 0.0892. The average molecular weight is 500 g/mol. The fourth-order valence-electron chi connectivity index (χ4n) is 5.12. The number of amides is 1. The van der Waals surface area contributed by atoms with E-state index >= 15 is 0 Å². The molecule has 2 aromatic heterocycles. The standard InChI is InChI=1S/C27H29F3N3OP/c1-3-5-16-13-17(12-15(2)25(16)30)18-10-11-31-14-22(18)33-27(34)21-9-8-20(29)26(32-21)24-19(28)6-4-7-23(24)35/h4,6-11,14-17,25H,3,5,12-13,35H2,1-2H3,(H,33,34). The van der Waals surface area contributed by atoms with Crippen molar-refractivity contribution < 1.29 is 18.0 Å². The molecule has 8 heteroatoms. The van der Waals surface area contributed by atoms with E-state index < -0.39 is 23.7 Å². The highest BCUT2D eigenvalue weighted by Gasteiger charge is 2.36. The molecule has 0 aliphatic heterocycles. The van der Waals surface area contributed by atoms with Crippen LogP contribution in [0.25, 0.3) is 11.3 Å². The second-order valence-corrected chi connectivity index (χ2v) is 9.91. The Morgan fingerprint density at radius 1 is 1.14 bits per heavy atom. The lowest BCUT2D eigenvalue weighted by Gasteiger charge is -2.37. The number of hydrogen-bond acceptors (Lipinski definition) is 3. The molecule has 1 aromatic carbocycles. The van der Waals surface area contributed by atoms with Crippen LogP contribution in [0.3, 0.4) is 0 Å². The molecule has 0 saturated heterocycles. The molecule has 1 amide bonds. The van der Waals surface area contributed by atoms with Crippen molar-refractivity contribution >= 4 is 26.1 Å². The first kappa shape index (κ1) is 25.3. The van der Waals surface area contributed by atoms with Crippen molar-refractivity contribution in [1.82, 2.24) is 9.97 Å². The summed E-state index contributed by atoms with van der Waals surface area (Å²) in [7, 11) is 2.36. The minimum Gasteiger partial charge on any atom is -0.319 e. The molecule has 0 spiro atoms. The van der Waals surface area contributed by atoms with Gasteiger partial charge in [0.15, 0.2) is 0 Å². The summed E-state index contributed by atoms with van der Waals surface area (Å²) in [6.45, 7) is 4.00. The molecular weight excluding hydrogens is 470 g/mol. The van der Waals surface area contributed by atoms with Gasteiger partial charge in [0.2, 0.25) is 0 Å². The van der Waals surface area contributed by atoms with Gasteiger partial charge in [-0.25, -0.2) is 18.2 Å². The molecule has 1 saturated carbocycles. The Morgan fingerprint density at radius 2 is 1.94 bits per heavy atom. The smallest absolute Gasteiger partial charge is 0.274 e. The molecule has 35 heavy (non-hydrogen) atoms. The minimum atomic E-state index is -0.826. The van der Waals surface area contributed by atoms with E-state index in [9.17, 15) is 18.0 Å². The highest BCUT2D eigenvalue weighted by atomic mass is 31.0. The first-order valence-electron chi connectivity index (χ1n) is 11.9. The second kappa shape index (κ2) is 10.9. The van der Waals surface area contributed by atoms with Gasteiger partial charge in [-0.15, -0.1) is 9.24 Å². The maximum atomic E-state index is 14.8. The Kier molecular flexibility index (Phi) is 7.85. The van der Waals surface area contributed by atoms with E-state index in [1.807, 2.05) is 13.0 Å². The largest absolute Gasteiger partial charge is 0.319 e. The number of carbonyl (C=O) groups is 1. The van der Waals surface area contributed by atoms with Gasteiger partial charge in [0.05, 0.1) is 11.9 Å². The summed E-state index contributed by atoms with van der Waals surface area (Å²) in [6.07, 6.45) is 5.53. The summed E-state index contributed by atoms with van der Waals surface area (Å²) in [5.74, 6) is -1.92. The third-order valence-electron chi connectivity index (χ3n) is 6.80. The minimum absolute atomic E-state index is 0.00865. The number of halogens is 3. The topological polar surface area (TPSA) is 54.9 Å². The van der Waals surface area contributed by atoms with Crippen LogP contribution in [-0.4, -0.2) is 22.0 Å². The van der Waals surface area contributed by atoms with Gasteiger partial charge in [0, 0.05) is 11.8 Å². The number of hydrogen-bond donors (Lipinski definition) is 1. The quantitative estimate of drug-likeness (QED) is 0.397. The molecular formula is C27H29F3N3OP. The van der Waals surface area contributed by atoms with Gasteiger partial charge in [-0.1, -0.05) is 32.4 Å². The predicted molar refractivity (Wildman–Crippen MR) is 136 cm³/mol. The Labute approximate surface area is 206 Å². The average Bonchev–Trinajstić information content (AvgIpc) is 2.83. The van der Waals surface area contributed by atoms with E-state index in [0.29, 0.717) is 23.8 Å². The highest BCUT2D eigenvalue weighted by molar-refractivity contribution is 7.28. The van der Waals surface area contributed by atoms with E-state index in [2.05, 4.69) is 31.4 Å². The molecule has 0 radical (unpaired) electrons. The summed E-state index contributed by atoms with van der Waals surface area (Å²) >= 11 is 0. The molecule has 1 aliphatic rings. The first-order chi connectivity index (χ1) is 16.8. The molecule has 5 atom stereocenters. The van der Waals surface area contributed by atoms with Crippen molar-refractivity contribution in [2.45, 2.75) is 51.6 Å². The molecule has 1 N–H and O–H groups in total. The normalized spacial score (nSPS) is 22.1. The molecule has 4 rings (SSSR count). The summed E-state index contributed by atoms with van der Waals surface area (Å²) in [5, 5.41) is 3.28. The van der Waals surface area contributed by atoms with Crippen LogP contribution in [0, 0.1) is 23.5 Å². The number of alkyl halides is 1. The first-order valence-corrected chi connectivity index (χ1v) is 12.5. The number of rotatable bonds is 6. The van der Waals surface area contributed by atoms with E-state index in [-0.39, 0.29) is 34.7 Å². The number of anilines is 1. The van der Waals surface area contributed by atoms with Gasteiger partial charge in [-0.2, -0.15) is 0 Å². The van der Waals surface area contributed by atoms with Crippen LogP contribution in [0.4, 0.5) is 18.9 Å². The van der Waals surface area contributed by atoms with Gasteiger partial charge in [0.1, 0.15) is 29.2 Å². The Hall–Kier alpha value is -2.79. The van der Waals surface area contributed by atoms with Crippen LogP contribution in [0.5, 0.6) is 0 Å². The van der Waals surface area contributed by atoms with Crippen molar-refractivity contribution in [2.75, 3.05) is 5.32 Å². The molecule has 2 heterocycles.